The summed E-state index contributed by atoms with van der Waals surface area (Å²) in [7, 11) is 0. The van der Waals surface area contributed by atoms with E-state index in [-0.39, 0.29) is 10.3 Å². The summed E-state index contributed by atoms with van der Waals surface area (Å²) in [5.41, 5.74) is -0.122. The van der Waals surface area contributed by atoms with Crippen LogP contribution in [0.5, 0.6) is 0 Å². The Balaban J connectivity index is 2.07. The molecule has 0 unspecified atom stereocenters. The maximum absolute atomic E-state index is 13.1. The number of hydrogen-bond donors (Lipinski definition) is 1. The fourth-order valence-corrected chi connectivity index (χ4v) is 2.84. The zero-order chi connectivity index (χ0) is 18.0. The molecule has 0 fully saturated rings. The van der Waals surface area contributed by atoms with E-state index in [4.69, 9.17) is 12.2 Å². The fraction of sp³-hybridized carbons (Fsp3) is 0.0625. The third-order valence-corrected chi connectivity index (χ3v) is 4.30. The molecule has 0 bridgehead atoms. The Hall–Kier alpha value is -2.26. The highest BCUT2D eigenvalue weighted by Gasteiger charge is 2.32. The first kappa shape index (κ1) is 17.6. The lowest BCUT2D eigenvalue weighted by Gasteiger charge is -2.09. The van der Waals surface area contributed by atoms with Crippen molar-refractivity contribution in [3.05, 3.63) is 68.9 Å². The number of halogens is 4. The Labute approximate surface area is 154 Å². The van der Waals surface area contributed by atoms with Crippen LogP contribution in [-0.4, -0.2) is 21.1 Å². The topological polar surface area (TPSA) is 46.0 Å². The Kier molecular flexibility index (Phi) is 4.87. The zero-order valence-electron chi connectivity index (χ0n) is 12.5. The second-order valence-electron chi connectivity index (χ2n) is 4.97. The SMILES string of the molecule is FC(F)(F)c1ccccc1/C=N\n1c(-c2ccccc2Br)n[nH]c1=S. The maximum atomic E-state index is 13.1. The van der Waals surface area contributed by atoms with Gasteiger partial charge in [0.25, 0.3) is 0 Å². The van der Waals surface area contributed by atoms with E-state index in [1.165, 1.54) is 22.9 Å². The lowest BCUT2D eigenvalue weighted by molar-refractivity contribution is -0.137. The first-order valence-electron chi connectivity index (χ1n) is 7.01. The van der Waals surface area contributed by atoms with Gasteiger partial charge < -0.3 is 0 Å². The van der Waals surface area contributed by atoms with Crippen LogP contribution in [0, 0.1) is 4.77 Å². The van der Waals surface area contributed by atoms with E-state index in [2.05, 4.69) is 31.2 Å². The third-order valence-electron chi connectivity index (χ3n) is 3.34. The van der Waals surface area contributed by atoms with Gasteiger partial charge in [-0.05, 0) is 30.4 Å². The Morgan fingerprint density at radius 3 is 2.52 bits per heavy atom. The van der Waals surface area contributed by atoms with Crippen LogP contribution in [-0.2, 0) is 6.18 Å². The van der Waals surface area contributed by atoms with Crippen molar-refractivity contribution in [2.45, 2.75) is 6.18 Å². The lowest BCUT2D eigenvalue weighted by atomic mass is 10.1. The number of hydrogen-bond acceptors (Lipinski definition) is 3. The van der Waals surface area contributed by atoms with E-state index < -0.39 is 11.7 Å². The van der Waals surface area contributed by atoms with Crippen molar-refractivity contribution in [3.8, 4) is 11.4 Å². The van der Waals surface area contributed by atoms with Crippen molar-refractivity contribution in [2.24, 2.45) is 5.10 Å². The van der Waals surface area contributed by atoms with Crippen molar-refractivity contribution < 1.29 is 13.2 Å². The summed E-state index contributed by atoms with van der Waals surface area (Å²) in [6, 6.07) is 12.5. The highest BCUT2D eigenvalue weighted by molar-refractivity contribution is 9.10. The Bertz CT molecular complexity index is 991. The molecule has 0 atom stereocenters. The molecule has 0 aliphatic carbocycles. The number of nitrogens with zero attached hydrogens (tertiary/aromatic N) is 3. The molecule has 1 aromatic heterocycles. The molecule has 0 spiro atoms. The molecule has 25 heavy (non-hydrogen) atoms. The van der Waals surface area contributed by atoms with Gasteiger partial charge in [-0.25, -0.2) is 5.10 Å². The minimum atomic E-state index is -4.47. The number of aromatic amines is 1. The summed E-state index contributed by atoms with van der Waals surface area (Å²) >= 11 is 8.54. The molecule has 3 rings (SSSR count). The number of aromatic nitrogens is 3. The molecule has 0 saturated carbocycles. The predicted octanol–water partition coefficient (Wildman–Crippen LogP) is 5.27. The molecule has 2 aromatic carbocycles. The number of rotatable bonds is 3. The number of benzene rings is 2. The largest absolute Gasteiger partial charge is 0.417 e. The van der Waals surface area contributed by atoms with E-state index in [1.54, 1.807) is 6.07 Å². The summed E-state index contributed by atoms with van der Waals surface area (Å²) in [6.07, 6.45) is -3.35. The molecule has 4 nitrogen and oxygen atoms in total. The van der Waals surface area contributed by atoms with E-state index >= 15 is 0 Å². The first-order chi connectivity index (χ1) is 11.9. The molecule has 1 heterocycles. The summed E-state index contributed by atoms with van der Waals surface area (Å²) < 4.78 is 41.4. The van der Waals surface area contributed by atoms with Crippen LogP contribution in [0.2, 0.25) is 0 Å². The lowest BCUT2D eigenvalue weighted by Crippen LogP contribution is -2.09. The fourth-order valence-electron chi connectivity index (χ4n) is 2.20. The molecular formula is C16H10BrF3N4S. The number of H-pyrrole nitrogens is 1. The predicted molar refractivity (Wildman–Crippen MR) is 95.0 cm³/mol. The van der Waals surface area contributed by atoms with Gasteiger partial charge in [0, 0.05) is 15.6 Å². The van der Waals surface area contributed by atoms with Gasteiger partial charge in [-0.1, -0.05) is 46.3 Å². The zero-order valence-corrected chi connectivity index (χ0v) is 14.9. The second-order valence-corrected chi connectivity index (χ2v) is 6.21. The molecule has 9 heteroatoms. The molecule has 0 aliphatic heterocycles. The van der Waals surface area contributed by atoms with E-state index in [0.29, 0.717) is 11.4 Å². The van der Waals surface area contributed by atoms with Gasteiger partial charge in [0.2, 0.25) is 4.77 Å². The average Bonchev–Trinajstić information content (AvgIpc) is 2.93. The Morgan fingerprint density at radius 2 is 1.80 bits per heavy atom. The van der Waals surface area contributed by atoms with Crippen molar-refractivity contribution in [3.63, 3.8) is 0 Å². The first-order valence-corrected chi connectivity index (χ1v) is 8.21. The maximum Gasteiger partial charge on any atom is 0.417 e. The van der Waals surface area contributed by atoms with Crippen molar-refractivity contribution in [1.82, 2.24) is 14.9 Å². The summed E-state index contributed by atoms with van der Waals surface area (Å²) in [4.78, 5) is 0. The molecule has 0 radical (unpaired) electrons. The van der Waals surface area contributed by atoms with Crippen LogP contribution >= 0.6 is 28.1 Å². The summed E-state index contributed by atoms with van der Waals surface area (Å²) in [6.45, 7) is 0. The van der Waals surface area contributed by atoms with Crippen LogP contribution in [0.15, 0.2) is 58.1 Å². The van der Waals surface area contributed by atoms with Crippen molar-refractivity contribution in [2.75, 3.05) is 0 Å². The molecule has 0 amide bonds. The quantitative estimate of drug-likeness (QED) is 0.457. The molecule has 128 valence electrons. The second kappa shape index (κ2) is 6.93. The van der Waals surface area contributed by atoms with E-state index in [9.17, 15) is 13.2 Å². The minimum Gasteiger partial charge on any atom is -0.250 e. The van der Waals surface area contributed by atoms with Gasteiger partial charge in [-0.3, -0.25) is 0 Å². The minimum absolute atomic E-state index is 0.0591. The number of alkyl halides is 3. The summed E-state index contributed by atoms with van der Waals surface area (Å²) in [5, 5.41) is 10.8. The van der Waals surface area contributed by atoms with Crippen LogP contribution in [0.3, 0.4) is 0 Å². The van der Waals surface area contributed by atoms with Crippen molar-refractivity contribution >= 4 is 34.4 Å². The van der Waals surface area contributed by atoms with Crippen molar-refractivity contribution in [1.29, 1.82) is 0 Å². The highest BCUT2D eigenvalue weighted by Crippen LogP contribution is 2.31. The van der Waals surface area contributed by atoms with Gasteiger partial charge in [-0.2, -0.15) is 28.0 Å². The normalized spacial score (nSPS) is 12.0. The molecule has 1 N–H and O–H groups in total. The van der Waals surface area contributed by atoms with Gasteiger partial charge in [0.15, 0.2) is 5.82 Å². The highest BCUT2D eigenvalue weighted by atomic mass is 79.9. The van der Waals surface area contributed by atoms with Gasteiger partial charge in [0.1, 0.15) is 0 Å². The number of nitrogens with one attached hydrogen (secondary N) is 1. The molecular weight excluding hydrogens is 417 g/mol. The van der Waals surface area contributed by atoms with Gasteiger partial charge >= 0.3 is 6.18 Å². The van der Waals surface area contributed by atoms with Crippen LogP contribution < -0.4 is 0 Å². The average molecular weight is 427 g/mol. The smallest absolute Gasteiger partial charge is 0.250 e. The van der Waals surface area contributed by atoms with Crippen LogP contribution in [0.4, 0.5) is 13.2 Å². The van der Waals surface area contributed by atoms with Gasteiger partial charge in [0.05, 0.1) is 11.8 Å². The standard InChI is InChI=1S/C16H10BrF3N4S/c17-13-8-4-2-6-11(13)14-22-23-15(25)24(14)21-9-10-5-1-3-7-12(10)16(18,19)20/h1-9H,(H,23,25)/b21-9-. The summed E-state index contributed by atoms with van der Waals surface area (Å²) in [5.74, 6) is 0.387. The van der Waals surface area contributed by atoms with Crippen LogP contribution in [0.1, 0.15) is 11.1 Å². The van der Waals surface area contributed by atoms with Gasteiger partial charge in [-0.15, -0.1) is 0 Å². The molecule has 0 aliphatic rings. The third kappa shape index (κ3) is 3.72. The van der Waals surface area contributed by atoms with Crippen LogP contribution in [0.25, 0.3) is 11.4 Å². The molecule has 3 aromatic rings. The molecule has 0 saturated heterocycles. The monoisotopic (exact) mass is 426 g/mol. The Morgan fingerprint density at radius 1 is 1.12 bits per heavy atom. The van der Waals surface area contributed by atoms with E-state index in [1.807, 2.05) is 18.2 Å². The van der Waals surface area contributed by atoms with E-state index in [0.717, 1.165) is 16.8 Å².